The Kier molecular flexibility index (Phi) is 6.35. The summed E-state index contributed by atoms with van der Waals surface area (Å²) in [5, 5.41) is -6.71. The average Bonchev–Trinajstić information content (AvgIpc) is 1.96. The molecule has 0 saturated heterocycles. The van der Waals surface area contributed by atoms with Gasteiger partial charge in [0, 0.05) is 0 Å². The van der Waals surface area contributed by atoms with E-state index in [1.54, 1.807) is 0 Å². The molecule has 0 rings (SSSR count). The summed E-state index contributed by atoms with van der Waals surface area (Å²) in [5.41, 5.74) is -6.37. The van der Waals surface area contributed by atoms with Crippen LogP contribution in [0.4, 0.5) is 35.1 Å². The van der Waals surface area contributed by atoms with Gasteiger partial charge in [-0.3, -0.25) is 0 Å². The van der Waals surface area contributed by atoms with Crippen molar-refractivity contribution in [3.63, 3.8) is 0 Å². The Morgan fingerprint density at radius 1 is 0.737 bits per heavy atom. The molecule has 0 atom stereocenters. The smallest absolute Gasteiger partial charge is 1.00 e. The van der Waals surface area contributed by atoms with Crippen LogP contribution in [0.25, 0.3) is 0 Å². The predicted molar refractivity (Wildman–Crippen MR) is 39.1 cm³/mol. The maximum Gasteiger partial charge on any atom is 1.00 e. The molecule has 19 heavy (non-hydrogen) atoms. The van der Waals surface area contributed by atoms with Gasteiger partial charge < -0.3 is 1.43 Å². The Morgan fingerprint density at radius 2 is 1.05 bits per heavy atom. The molecule has 0 radical (unpaired) electrons. The first-order valence-electron chi connectivity index (χ1n) is 3.25. The molecule has 0 saturated carbocycles. The number of sulfonamides is 2. The largest absolute Gasteiger partial charge is 1.00 e. The van der Waals surface area contributed by atoms with Crippen LogP contribution >= 0.6 is 0 Å². The summed E-state index contributed by atoms with van der Waals surface area (Å²) in [7, 11) is -14.1. The molecular formula is C3H2F8NNaO4S2. The van der Waals surface area contributed by atoms with Crippen LogP contribution in [0.5, 0.6) is 0 Å². The van der Waals surface area contributed by atoms with Gasteiger partial charge in [-0.25, -0.2) is 16.8 Å². The summed E-state index contributed by atoms with van der Waals surface area (Å²) in [6.45, 7) is 0. The number of alkyl halides is 8. The van der Waals surface area contributed by atoms with E-state index >= 15 is 0 Å². The van der Waals surface area contributed by atoms with E-state index in [1.807, 2.05) is 0 Å². The van der Waals surface area contributed by atoms with Gasteiger partial charge in [0.05, 0.1) is 0 Å². The Labute approximate surface area is 124 Å². The maximum atomic E-state index is 12.2. The molecule has 112 valence electrons. The van der Waals surface area contributed by atoms with E-state index in [0.717, 1.165) is 0 Å². The molecule has 0 aromatic rings. The van der Waals surface area contributed by atoms with Crippen molar-refractivity contribution in [3.05, 3.63) is 0 Å². The fraction of sp³-hybridized carbons (Fsp3) is 1.00. The molecule has 0 spiro atoms. The van der Waals surface area contributed by atoms with Crippen LogP contribution in [0.15, 0.2) is 0 Å². The minimum Gasteiger partial charge on any atom is -1.00 e. The fourth-order valence-electron chi connectivity index (χ4n) is 0.396. The normalized spacial score (nSPS) is 14.9. The minimum absolute atomic E-state index is 0. The molecule has 0 aliphatic rings. The second-order valence-corrected chi connectivity index (χ2v) is 6.21. The third kappa shape index (κ3) is 4.38. The van der Waals surface area contributed by atoms with Gasteiger partial charge in [0.25, 0.3) is 0 Å². The van der Waals surface area contributed by atoms with Crippen molar-refractivity contribution < 1.29 is 82.9 Å². The van der Waals surface area contributed by atoms with Crippen molar-refractivity contribution >= 4 is 20.0 Å². The molecular weight excluding hydrogens is 353 g/mol. The van der Waals surface area contributed by atoms with Gasteiger partial charge in [0.15, 0.2) is 0 Å². The van der Waals surface area contributed by atoms with Crippen LogP contribution < -0.4 is 33.7 Å². The summed E-state index contributed by atoms with van der Waals surface area (Å²) in [6.07, 6.45) is -6.79. The van der Waals surface area contributed by atoms with Crippen molar-refractivity contribution in [2.75, 3.05) is 0 Å². The monoisotopic (exact) mass is 355 g/mol. The zero-order valence-electron chi connectivity index (χ0n) is 9.47. The van der Waals surface area contributed by atoms with Gasteiger partial charge in [-0.1, -0.05) is 4.13 Å². The number of hydrogen-bond donors (Lipinski definition) is 1. The molecule has 0 heterocycles. The molecule has 0 aromatic heterocycles. The molecule has 0 fully saturated rings. The SMILES string of the molecule is O=S(=O)(NS(=O)(=O)C(F)(F)C(F)(F)F)C(F)(F)F.[H-].[Na+]. The quantitative estimate of drug-likeness (QED) is 0.471. The van der Waals surface area contributed by atoms with E-state index < -0.39 is 41.1 Å². The summed E-state index contributed by atoms with van der Waals surface area (Å²) in [6, 6.07) is 0. The van der Waals surface area contributed by atoms with Gasteiger partial charge in [-0.15, -0.1) is 0 Å². The van der Waals surface area contributed by atoms with Gasteiger partial charge in [0.2, 0.25) is 0 Å². The molecule has 0 bridgehead atoms. The van der Waals surface area contributed by atoms with E-state index in [1.165, 1.54) is 0 Å². The second kappa shape index (κ2) is 5.59. The summed E-state index contributed by atoms with van der Waals surface area (Å²) in [5.74, 6) is 0. The summed E-state index contributed by atoms with van der Waals surface area (Å²) in [4.78, 5) is 0. The summed E-state index contributed by atoms with van der Waals surface area (Å²) < 4.78 is 134. The zero-order valence-corrected chi connectivity index (χ0v) is 12.1. The first-order chi connectivity index (χ1) is 7.46. The van der Waals surface area contributed by atoms with Gasteiger partial charge in [0.1, 0.15) is 0 Å². The maximum absolute atomic E-state index is 12.2. The standard InChI is InChI=1S/C3HF8NO4S2.Na.H/c4-1(5,6)2(7,8)17(13,14)12-18(15,16)3(9,10)11;;/h12H;;/q;+1;-1. The predicted octanol–water partition coefficient (Wildman–Crippen LogP) is -1.97. The van der Waals surface area contributed by atoms with E-state index in [-0.39, 0.29) is 31.0 Å². The van der Waals surface area contributed by atoms with Crippen LogP contribution in [0.1, 0.15) is 1.43 Å². The third-order valence-corrected chi connectivity index (χ3v) is 4.46. The summed E-state index contributed by atoms with van der Waals surface area (Å²) >= 11 is 0. The van der Waals surface area contributed by atoms with E-state index in [2.05, 4.69) is 0 Å². The molecule has 0 aliphatic carbocycles. The Bertz CT molecular complexity index is 523. The van der Waals surface area contributed by atoms with Crippen LogP contribution in [-0.4, -0.2) is 33.8 Å². The second-order valence-electron chi connectivity index (χ2n) is 2.55. The minimum atomic E-state index is -7.17. The van der Waals surface area contributed by atoms with Crippen molar-refractivity contribution in [2.24, 2.45) is 0 Å². The van der Waals surface area contributed by atoms with Crippen LogP contribution in [0.3, 0.4) is 0 Å². The molecule has 5 nitrogen and oxygen atoms in total. The number of nitrogens with one attached hydrogen (secondary N) is 1. The Hall–Kier alpha value is 0.300. The Balaban J connectivity index is -0.00000144. The average molecular weight is 355 g/mol. The van der Waals surface area contributed by atoms with Gasteiger partial charge in [-0.05, 0) is 0 Å². The van der Waals surface area contributed by atoms with Crippen LogP contribution in [0, 0.1) is 0 Å². The Morgan fingerprint density at radius 3 is 1.26 bits per heavy atom. The van der Waals surface area contributed by atoms with Gasteiger partial charge >= 0.3 is 66.5 Å². The third-order valence-electron chi connectivity index (χ3n) is 1.19. The van der Waals surface area contributed by atoms with Gasteiger partial charge in [-0.2, -0.15) is 35.1 Å². The van der Waals surface area contributed by atoms with E-state index in [9.17, 15) is 52.0 Å². The molecule has 1 N–H and O–H groups in total. The number of rotatable bonds is 3. The topological polar surface area (TPSA) is 80.3 Å². The number of hydrogen-bond acceptors (Lipinski definition) is 4. The number of halogens is 8. The molecule has 0 unspecified atom stereocenters. The van der Waals surface area contributed by atoms with E-state index in [4.69, 9.17) is 0 Å². The molecule has 0 amide bonds. The first kappa shape index (κ1) is 21.6. The van der Waals surface area contributed by atoms with E-state index in [0.29, 0.717) is 0 Å². The van der Waals surface area contributed by atoms with Crippen LogP contribution in [-0.2, 0) is 20.0 Å². The first-order valence-corrected chi connectivity index (χ1v) is 6.21. The zero-order chi connectivity index (χ0) is 15.2. The van der Waals surface area contributed by atoms with Crippen molar-refractivity contribution in [2.45, 2.75) is 16.9 Å². The van der Waals surface area contributed by atoms with Crippen molar-refractivity contribution in [1.82, 2.24) is 4.13 Å². The molecule has 16 heteroatoms. The van der Waals surface area contributed by atoms with Crippen LogP contribution in [0.2, 0.25) is 0 Å². The molecule has 0 aliphatic heterocycles. The fourth-order valence-corrected chi connectivity index (χ4v) is 2.65. The van der Waals surface area contributed by atoms with Crippen molar-refractivity contribution in [3.8, 4) is 0 Å². The molecule has 0 aromatic carbocycles. The van der Waals surface area contributed by atoms with Crippen molar-refractivity contribution in [1.29, 1.82) is 0 Å².